The molecule has 0 saturated carbocycles. The van der Waals surface area contributed by atoms with Crippen molar-refractivity contribution in [3.8, 4) is 28.3 Å². The van der Waals surface area contributed by atoms with E-state index in [-0.39, 0.29) is 5.91 Å². The highest BCUT2D eigenvalue weighted by Gasteiger charge is 2.30. The van der Waals surface area contributed by atoms with Crippen molar-refractivity contribution in [2.45, 2.75) is 6.18 Å². The summed E-state index contributed by atoms with van der Waals surface area (Å²) in [5, 5.41) is 5.22. The number of nitrogens with zero attached hydrogens (tertiary/aromatic N) is 4. The molecule has 2 heterocycles. The molecule has 0 aliphatic heterocycles. The molecule has 6 aromatic rings. The summed E-state index contributed by atoms with van der Waals surface area (Å²) >= 11 is 6.04. The third-order valence-corrected chi connectivity index (χ3v) is 6.57. The molecule has 6 rings (SSSR count). The van der Waals surface area contributed by atoms with Crippen LogP contribution in [0, 0.1) is 0 Å². The molecule has 0 spiro atoms. The first-order valence-corrected chi connectivity index (χ1v) is 12.3. The van der Waals surface area contributed by atoms with Gasteiger partial charge in [0, 0.05) is 22.3 Å². The third kappa shape index (κ3) is 4.59. The monoisotopic (exact) mass is 542 g/mol. The highest BCUT2D eigenvalue weighted by atomic mass is 35.5. The van der Waals surface area contributed by atoms with E-state index in [4.69, 9.17) is 21.7 Å². The normalized spacial score (nSPS) is 11.7. The van der Waals surface area contributed by atoms with Crippen molar-refractivity contribution in [3.63, 3.8) is 0 Å². The summed E-state index contributed by atoms with van der Waals surface area (Å²) in [6.07, 6.45) is -2.74. The Labute approximate surface area is 225 Å². The van der Waals surface area contributed by atoms with Crippen LogP contribution in [0.25, 0.3) is 39.4 Å². The molecule has 0 fully saturated rings. The highest BCUT2D eigenvalue weighted by molar-refractivity contribution is 6.30. The van der Waals surface area contributed by atoms with Crippen LogP contribution >= 0.6 is 11.6 Å². The molecule has 0 radical (unpaired) electrons. The molecule has 5 nitrogen and oxygen atoms in total. The van der Waals surface area contributed by atoms with Crippen LogP contribution < -0.4 is 0 Å². The fourth-order valence-electron chi connectivity index (χ4n) is 4.41. The lowest BCUT2D eigenvalue weighted by Crippen LogP contribution is -2.13. The van der Waals surface area contributed by atoms with E-state index in [2.05, 4.69) is 0 Å². The SMILES string of the molecule is O=C(c1ccc(Cl)cc1)n1c(-c2cn(-c3ccccc3)nc2-c2ccc(C(F)(F)F)cc2)nc2ccccc21. The predicted molar refractivity (Wildman–Crippen MR) is 144 cm³/mol. The average molecular weight is 543 g/mol. The van der Waals surface area contributed by atoms with Crippen LogP contribution in [0.3, 0.4) is 0 Å². The summed E-state index contributed by atoms with van der Waals surface area (Å²) in [6.45, 7) is 0. The van der Waals surface area contributed by atoms with Gasteiger partial charge in [-0.3, -0.25) is 9.36 Å². The van der Waals surface area contributed by atoms with E-state index in [1.165, 1.54) is 16.7 Å². The highest BCUT2D eigenvalue weighted by Crippen LogP contribution is 2.36. The lowest BCUT2D eigenvalue weighted by atomic mass is 10.1. The van der Waals surface area contributed by atoms with Gasteiger partial charge in [0.05, 0.1) is 27.8 Å². The van der Waals surface area contributed by atoms with E-state index < -0.39 is 11.7 Å². The number of rotatable bonds is 4. The second kappa shape index (κ2) is 9.56. The van der Waals surface area contributed by atoms with E-state index in [9.17, 15) is 18.0 Å². The van der Waals surface area contributed by atoms with Gasteiger partial charge in [0.1, 0.15) is 5.69 Å². The number of alkyl halides is 3. The van der Waals surface area contributed by atoms with Gasteiger partial charge in [-0.25, -0.2) is 9.67 Å². The minimum atomic E-state index is -4.47. The van der Waals surface area contributed by atoms with Gasteiger partial charge in [-0.05, 0) is 60.7 Å². The maximum Gasteiger partial charge on any atom is 0.416 e. The quantitative estimate of drug-likeness (QED) is 0.227. The second-order valence-corrected chi connectivity index (χ2v) is 9.25. The zero-order chi connectivity index (χ0) is 27.1. The predicted octanol–water partition coefficient (Wildman–Crippen LogP) is 7.92. The standard InChI is InChI=1S/C30H18ClF3N4O/c31-22-16-12-20(13-17-22)29(39)38-26-9-5-4-8-25(26)35-28(38)24-18-37(23-6-2-1-3-7-23)36-27(24)19-10-14-21(15-11-19)30(32,33)34/h1-18H. The molecule has 0 aliphatic rings. The first-order valence-electron chi connectivity index (χ1n) is 11.9. The minimum Gasteiger partial charge on any atom is -0.268 e. The Kier molecular flexibility index (Phi) is 6.04. The molecule has 0 aliphatic carbocycles. The van der Waals surface area contributed by atoms with Crippen LogP contribution in [0.15, 0.2) is 109 Å². The molecule has 0 saturated heterocycles. The van der Waals surface area contributed by atoms with Crippen LogP contribution in [-0.2, 0) is 6.18 Å². The van der Waals surface area contributed by atoms with Crippen LogP contribution in [0.5, 0.6) is 0 Å². The van der Waals surface area contributed by atoms with Gasteiger partial charge in [-0.2, -0.15) is 18.3 Å². The molecule has 0 amide bonds. The maximum atomic E-state index is 13.8. The zero-order valence-electron chi connectivity index (χ0n) is 20.1. The molecule has 39 heavy (non-hydrogen) atoms. The lowest BCUT2D eigenvalue weighted by molar-refractivity contribution is -0.137. The Bertz CT molecular complexity index is 1810. The molecule has 0 unspecified atom stereocenters. The third-order valence-electron chi connectivity index (χ3n) is 6.32. The lowest BCUT2D eigenvalue weighted by Gasteiger charge is -2.10. The van der Waals surface area contributed by atoms with Crippen LogP contribution in [-0.4, -0.2) is 25.2 Å². The zero-order valence-corrected chi connectivity index (χ0v) is 20.9. The topological polar surface area (TPSA) is 52.7 Å². The van der Waals surface area contributed by atoms with Gasteiger partial charge in [-0.1, -0.05) is 54.1 Å². The number of imidazole rings is 1. The summed E-state index contributed by atoms with van der Waals surface area (Å²) in [5.41, 5.74) is 2.86. The average Bonchev–Trinajstić information content (AvgIpc) is 3.55. The van der Waals surface area contributed by atoms with E-state index >= 15 is 0 Å². The van der Waals surface area contributed by atoms with E-state index in [1.54, 1.807) is 47.3 Å². The number of para-hydroxylation sites is 3. The molecular weight excluding hydrogens is 525 g/mol. The molecule has 192 valence electrons. The number of hydrogen-bond donors (Lipinski definition) is 0. The summed E-state index contributed by atoms with van der Waals surface area (Å²) in [7, 11) is 0. The summed E-state index contributed by atoms with van der Waals surface area (Å²) in [6, 6.07) is 27.8. The van der Waals surface area contributed by atoms with Crippen LogP contribution in [0.4, 0.5) is 13.2 Å². The van der Waals surface area contributed by atoms with E-state index in [0.29, 0.717) is 44.3 Å². The minimum absolute atomic E-state index is 0.313. The second-order valence-electron chi connectivity index (χ2n) is 8.82. The summed E-state index contributed by atoms with van der Waals surface area (Å²) < 4.78 is 42.9. The van der Waals surface area contributed by atoms with Crippen molar-refractivity contribution in [3.05, 3.63) is 125 Å². The summed E-state index contributed by atoms with van der Waals surface area (Å²) in [5.74, 6) is -0.0190. The van der Waals surface area contributed by atoms with Crippen molar-refractivity contribution in [2.75, 3.05) is 0 Å². The van der Waals surface area contributed by atoms with Crippen molar-refractivity contribution in [1.29, 1.82) is 0 Å². The molecule has 2 aromatic heterocycles. The molecule has 0 atom stereocenters. The van der Waals surface area contributed by atoms with Gasteiger partial charge < -0.3 is 0 Å². The summed E-state index contributed by atoms with van der Waals surface area (Å²) in [4.78, 5) is 18.6. The van der Waals surface area contributed by atoms with Crippen molar-refractivity contribution >= 4 is 28.5 Å². The van der Waals surface area contributed by atoms with E-state index in [1.807, 2.05) is 42.5 Å². The molecular formula is C30H18ClF3N4O. The first kappa shape index (κ1) is 24.6. The van der Waals surface area contributed by atoms with Crippen molar-refractivity contribution < 1.29 is 18.0 Å². The maximum absolute atomic E-state index is 13.8. The number of carbonyl (C=O) groups is 1. The Morgan fingerprint density at radius 3 is 2.15 bits per heavy atom. The fourth-order valence-corrected chi connectivity index (χ4v) is 4.54. The van der Waals surface area contributed by atoms with Crippen LogP contribution in [0.2, 0.25) is 5.02 Å². The van der Waals surface area contributed by atoms with Gasteiger partial charge in [0.25, 0.3) is 5.91 Å². The Balaban J connectivity index is 1.59. The van der Waals surface area contributed by atoms with Gasteiger partial charge in [-0.15, -0.1) is 0 Å². The van der Waals surface area contributed by atoms with Crippen molar-refractivity contribution in [1.82, 2.24) is 19.3 Å². The number of aromatic nitrogens is 4. The smallest absolute Gasteiger partial charge is 0.268 e. The van der Waals surface area contributed by atoms with E-state index in [0.717, 1.165) is 17.8 Å². The number of benzene rings is 4. The number of hydrogen-bond acceptors (Lipinski definition) is 3. The number of halogens is 4. The molecule has 4 aromatic carbocycles. The largest absolute Gasteiger partial charge is 0.416 e. The number of fused-ring (bicyclic) bond motifs is 1. The van der Waals surface area contributed by atoms with Gasteiger partial charge in [0.2, 0.25) is 0 Å². The molecule has 0 N–H and O–H groups in total. The van der Waals surface area contributed by atoms with Gasteiger partial charge >= 0.3 is 6.18 Å². The Morgan fingerprint density at radius 2 is 1.46 bits per heavy atom. The van der Waals surface area contributed by atoms with Crippen molar-refractivity contribution in [2.24, 2.45) is 0 Å². The van der Waals surface area contributed by atoms with Gasteiger partial charge in [0.15, 0.2) is 5.82 Å². The molecule has 9 heteroatoms. The Hall–Kier alpha value is -4.69. The Morgan fingerprint density at radius 1 is 0.795 bits per heavy atom. The first-order chi connectivity index (χ1) is 18.8. The van der Waals surface area contributed by atoms with Crippen LogP contribution in [0.1, 0.15) is 15.9 Å². The number of carbonyl (C=O) groups excluding carboxylic acids is 1. The fraction of sp³-hybridized carbons (Fsp3) is 0.0333. The molecule has 0 bridgehead atoms.